The summed E-state index contributed by atoms with van der Waals surface area (Å²) in [6.45, 7) is 1.48. The molecule has 33 heavy (non-hydrogen) atoms. The van der Waals surface area contributed by atoms with Gasteiger partial charge in [0.2, 0.25) is 11.9 Å². The number of aromatic nitrogens is 6. The molecule has 0 atom stereocenters. The van der Waals surface area contributed by atoms with Gasteiger partial charge in [0.1, 0.15) is 5.75 Å². The molecule has 0 spiro atoms. The monoisotopic (exact) mass is 458 g/mol. The Labute approximate surface area is 192 Å². The van der Waals surface area contributed by atoms with Crippen LogP contribution in [0.5, 0.6) is 5.75 Å². The summed E-state index contributed by atoms with van der Waals surface area (Å²) in [7, 11) is 1.62. The van der Waals surface area contributed by atoms with Gasteiger partial charge < -0.3 is 10.1 Å². The first-order valence-corrected chi connectivity index (χ1v) is 10.8. The number of carbonyl (C=O) groups excluding carboxylic acids is 1. The molecule has 2 N–H and O–H groups in total. The summed E-state index contributed by atoms with van der Waals surface area (Å²) in [5, 5.41) is 16.8. The van der Waals surface area contributed by atoms with Crippen molar-refractivity contribution < 1.29 is 9.53 Å². The van der Waals surface area contributed by atoms with Crippen LogP contribution in [0.25, 0.3) is 28.1 Å². The van der Waals surface area contributed by atoms with Gasteiger partial charge in [-0.15, -0.1) is 16.4 Å². The first-order valence-electron chi connectivity index (χ1n) is 9.92. The van der Waals surface area contributed by atoms with Crippen LogP contribution in [0.1, 0.15) is 6.92 Å². The average Bonchev–Trinajstić information content (AvgIpc) is 3.46. The lowest BCUT2D eigenvalue weighted by molar-refractivity contribution is -0.114. The maximum atomic E-state index is 11.2. The fourth-order valence-corrected chi connectivity index (χ4v) is 3.89. The van der Waals surface area contributed by atoms with Crippen LogP contribution in [0.4, 0.5) is 16.8 Å². The van der Waals surface area contributed by atoms with Crippen molar-refractivity contribution in [3.8, 4) is 22.7 Å². The van der Waals surface area contributed by atoms with Crippen LogP contribution in [-0.2, 0) is 4.79 Å². The zero-order valence-corrected chi connectivity index (χ0v) is 18.5. The Balaban J connectivity index is 1.37. The lowest BCUT2D eigenvalue weighted by atomic mass is 10.1. The third-order valence-corrected chi connectivity index (χ3v) is 5.49. The third-order valence-electron chi connectivity index (χ3n) is 4.73. The molecule has 5 aromatic rings. The minimum Gasteiger partial charge on any atom is -0.497 e. The lowest BCUT2D eigenvalue weighted by Gasteiger charge is -2.05. The fourth-order valence-electron chi connectivity index (χ4n) is 3.17. The van der Waals surface area contributed by atoms with Crippen molar-refractivity contribution in [3.63, 3.8) is 0 Å². The molecule has 0 saturated heterocycles. The number of carbonyl (C=O) groups is 1. The van der Waals surface area contributed by atoms with E-state index in [9.17, 15) is 4.79 Å². The van der Waals surface area contributed by atoms with Crippen molar-refractivity contribution in [2.45, 2.75) is 6.92 Å². The molecule has 2 aromatic carbocycles. The Morgan fingerprint density at radius 1 is 1.06 bits per heavy atom. The molecule has 10 nitrogen and oxygen atoms in total. The van der Waals surface area contributed by atoms with E-state index in [-0.39, 0.29) is 5.91 Å². The highest BCUT2D eigenvalue weighted by molar-refractivity contribution is 7.14. The number of hydrogen-bond donors (Lipinski definition) is 2. The number of nitrogens with one attached hydrogen (secondary N) is 2. The van der Waals surface area contributed by atoms with Gasteiger partial charge in [-0.3, -0.25) is 10.1 Å². The van der Waals surface area contributed by atoms with E-state index in [0.717, 1.165) is 28.4 Å². The van der Waals surface area contributed by atoms with Crippen LogP contribution in [0.2, 0.25) is 0 Å². The van der Waals surface area contributed by atoms with Gasteiger partial charge in [0, 0.05) is 23.6 Å². The van der Waals surface area contributed by atoms with E-state index in [1.54, 1.807) is 18.0 Å². The van der Waals surface area contributed by atoms with Gasteiger partial charge >= 0.3 is 0 Å². The maximum absolute atomic E-state index is 11.2. The zero-order valence-electron chi connectivity index (χ0n) is 17.7. The quantitative estimate of drug-likeness (QED) is 0.391. The normalized spacial score (nSPS) is 10.8. The smallest absolute Gasteiger partial charge is 0.231 e. The van der Waals surface area contributed by atoms with E-state index in [1.807, 2.05) is 53.9 Å². The van der Waals surface area contributed by atoms with E-state index in [4.69, 9.17) is 4.74 Å². The Kier molecular flexibility index (Phi) is 5.37. The Morgan fingerprint density at radius 2 is 1.85 bits per heavy atom. The van der Waals surface area contributed by atoms with Gasteiger partial charge in [-0.05, 0) is 36.4 Å². The molecule has 0 bridgehead atoms. The summed E-state index contributed by atoms with van der Waals surface area (Å²) in [6.07, 6.45) is 1.62. The second-order valence-corrected chi connectivity index (χ2v) is 7.88. The summed E-state index contributed by atoms with van der Waals surface area (Å²) in [4.78, 5) is 24.7. The molecule has 0 unspecified atom stereocenters. The molecule has 0 fully saturated rings. The van der Waals surface area contributed by atoms with Crippen LogP contribution >= 0.6 is 11.3 Å². The SMILES string of the molecule is COc1ccc(-n2nnc3cnc(Nc4nc(-c5ccc(NC(C)=O)cc5)cs4)nc32)cc1. The second-order valence-electron chi connectivity index (χ2n) is 7.02. The number of anilines is 3. The van der Waals surface area contributed by atoms with E-state index in [1.165, 1.54) is 18.3 Å². The molecule has 0 saturated carbocycles. The average molecular weight is 459 g/mol. The number of hydrogen-bond acceptors (Lipinski definition) is 9. The van der Waals surface area contributed by atoms with Crippen molar-refractivity contribution in [1.82, 2.24) is 29.9 Å². The molecule has 164 valence electrons. The van der Waals surface area contributed by atoms with Gasteiger partial charge in [0.25, 0.3) is 0 Å². The topological polar surface area (TPSA) is 120 Å². The molecular formula is C22H18N8O2S. The predicted molar refractivity (Wildman–Crippen MR) is 126 cm³/mol. The molecule has 3 aromatic heterocycles. The van der Waals surface area contributed by atoms with Gasteiger partial charge in [-0.25, -0.2) is 9.97 Å². The summed E-state index contributed by atoms with van der Waals surface area (Å²) in [5.74, 6) is 1.04. The minimum absolute atomic E-state index is 0.108. The number of amides is 1. The highest BCUT2D eigenvalue weighted by Crippen LogP contribution is 2.27. The highest BCUT2D eigenvalue weighted by Gasteiger charge is 2.12. The first kappa shape index (κ1) is 20.5. The summed E-state index contributed by atoms with van der Waals surface area (Å²) in [6, 6.07) is 15.0. The van der Waals surface area contributed by atoms with Crippen molar-refractivity contribution in [3.05, 3.63) is 60.1 Å². The first-order chi connectivity index (χ1) is 16.1. The number of fused-ring (bicyclic) bond motifs is 1. The van der Waals surface area contributed by atoms with E-state index < -0.39 is 0 Å². The molecule has 3 heterocycles. The standard InChI is InChI=1S/C22H18N8O2S/c1-13(31)24-15-5-3-14(4-6-15)19-12-33-22(25-19)27-21-23-11-18-20(26-21)30(29-28-18)16-7-9-17(32-2)10-8-16/h3-12H,1-2H3,(H,24,31)(H,23,25,26,27). The molecule has 5 rings (SSSR count). The summed E-state index contributed by atoms with van der Waals surface area (Å²) in [5.41, 5.74) is 4.44. The number of thiazole rings is 1. The van der Waals surface area contributed by atoms with Crippen LogP contribution in [0.15, 0.2) is 60.1 Å². The van der Waals surface area contributed by atoms with E-state index in [2.05, 4.69) is 35.9 Å². The molecule has 0 aliphatic heterocycles. The molecule has 0 radical (unpaired) electrons. The van der Waals surface area contributed by atoms with Gasteiger partial charge in [-0.1, -0.05) is 17.3 Å². The molecule has 1 amide bonds. The fraction of sp³-hybridized carbons (Fsp3) is 0.0909. The molecule has 11 heteroatoms. The summed E-state index contributed by atoms with van der Waals surface area (Å²) < 4.78 is 6.86. The predicted octanol–water partition coefficient (Wildman–Crippen LogP) is 4.04. The van der Waals surface area contributed by atoms with Crippen LogP contribution in [0, 0.1) is 0 Å². The Bertz CT molecular complexity index is 1430. The van der Waals surface area contributed by atoms with E-state index >= 15 is 0 Å². The number of nitrogens with zero attached hydrogens (tertiary/aromatic N) is 6. The van der Waals surface area contributed by atoms with Crippen molar-refractivity contribution in [1.29, 1.82) is 0 Å². The number of methoxy groups -OCH3 is 1. The highest BCUT2D eigenvalue weighted by atomic mass is 32.1. The van der Waals surface area contributed by atoms with Gasteiger partial charge in [0.05, 0.1) is 24.7 Å². The van der Waals surface area contributed by atoms with Crippen molar-refractivity contribution in [2.75, 3.05) is 17.7 Å². The minimum atomic E-state index is -0.108. The van der Waals surface area contributed by atoms with Crippen LogP contribution in [0.3, 0.4) is 0 Å². The Morgan fingerprint density at radius 3 is 2.58 bits per heavy atom. The second kappa shape index (κ2) is 8.63. The molecule has 0 aliphatic rings. The molecule has 0 aliphatic carbocycles. The van der Waals surface area contributed by atoms with Crippen molar-refractivity contribution >= 4 is 45.2 Å². The van der Waals surface area contributed by atoms with Gasteiger partial charge in [-0.2, -0.15) is 9.67 Å². The van der Waals surface area contributed by atoms with Crippen molar-refractivity contribution in [2.24, 2.45) is 0 Å². The number of rotatable bonds is 6. The number of benzene rings is 2. The van der Waals surface area contributed by atoms with Crippen LogP contribution in [-0.4, -0.2) is 43.0 Å². The molecular weight excluding hydrogens is 440 g/mol. The zero-order chi connectivity index (χ0) is 22.8. The van der Waals surface area contributed by atoms with E-state index in [0.29, 0.717) is 22.2 Å². The third kappa shape index (κ3) is 4.34. The van der Waals surface area contributed by atoms with Crippen LogP contribution < -0.4 is 15.4 Å². The maximum Gasteiger partial charge on any atom is 0.231 e. The summed E-state index contributed by atoms with van der Waals surface area (Å²) >= 11 is 1.44. The Hall–Kier alpha value is -4.38. The van der Waals surface area contributed by atoms with Gasteiger partial charge in [0.15, 0.2) is 16.3 Å². The lowest BCUT2D eigenvalue weighted by Crippen LogP contribution is -2.05. The number of ether oxygens (including phenoxy) is 1. The largest absolute Gasteiger partial charge is 0.497 e.